The maximum atomic E-state index is 5.95. The first-order valence-corrected chi connectivity index (χ1v) is 8.04. The lowest BCUT2D eigenvalue weighted by Crippen LogP contribution is -2.28. The quantitative estimate of drug-likeness (QED) is 0.878. The van der Waals surface area contributed by atoms with Crippen molar-refractivity contribution in [3.63, 3.8) is 0 Å². The summed E-state index contributed by atoms with van der Waals surface area (Å²) in [5.41, 5.74) is 8.21. The van der Waals surface area contributed by atoms with Crippen molar-refractivity contribution in [3.05, 3.63) is 35.9 Å². The Balaban J connectivity index is 1.97. The van der Waals surface area contributed by atoms with Crippen molar-refractivity contribution < 1.29 is 0 Å². The number of benzene rings is 1. The van der Waals surface area contributed by atoms with Crippen molar-refractivity contribution in [3.8, 4) is 0 Å². The summed E-state index contributed by atoms with van der Waals surface area (Å²) >= 11 is 0. The number of aromatic nitrogens is 1. The smallest absolute Gasteiger partial charge is 0.129 e. The number of para-hydroxylation sites is 1. The zero-order chi connectivity index (χ0) is 14.8. The molecule has 1 aromatic heterocycles. The third-order valence-electron chi connectivity index (χ3n) is 4.24. The minimum atomic E-state index is 0.568. The number of anilines is 1. The van der Waals surface area contributed by atoms with Crippen LogP contribution >= 0.6 is 0 Å². The summed E-state index contributed by atoms with van der Waals surface area (Å²) in [5.74, 6) is 1.83. The number of fused-ring (bicyclic) bond motifs is 1. The van der Waals surface area contributed by atoms with Gasteiger partial charge in [-0.3, -0.25) is 0 Å². The molecule has 0 saturated heterocycles. The van der Waals surface area contributed by atoms with Gasteiger partial charge in [0.1, 0.15) is 5.82 Å². The van der Waals surface area contributed by atoms with Crippen LogP contribution in [0.25, 0.3) is 10.9 Å². The van der Waals surface area contributed by atoms with Crippen LogP contribution in [-0.4, -0.2) is 17.6 Å². The topological polar surface area (TPSA) is 42.1 Å². The van der Waals surface area contributed by atoms with Crippen LogP contribution in [0.1, 0.15) is 38.7 Å². The first-order chi connectivity index (χ1) is 10.2. The van der Waals surface area contributed by atoms with Crippen LogP contribution in [0.5, 0.6) is 0 Å². The average molecular weight is 283 g/mol. The SMILES string of the molecule is CC(C)CCN(c1cc(CN)c2ccccc2n1)C1CC1. The predicted molar refractivity (Wildman–Crippen MR) is 89.5 cm³/mol. The highest BCUT2D eigenvalue weighted by Crippen LogP contribution is 2.33. The van der Waals surface area contributed by atoms with Gasteiger partial charge >= 0.3 is 0 Å². The van der Waals surface area contributed by atoms with Gasteiger partial charge in [-0.1, -0.05) is 32.0 Å². The summed E-state index contributed by atoms with van der Waals surface area (Å²) in [6.45, 7) is 6.23. The van der Waals surface area contributed by atoms with Gasteiger partial charge in [-0.25, -0.2) is 4.98 Å². The molecular formula is C18H25N3. The van der Waals surface area contributed by atoms with Crippen molar-refractivity contribution in [1.29, 1.82) is 0 Å². The van der Waals surface area contributed by atoms with Crippen LogP contribution in [-0.2, 0) is 6.54 Å². The summed E-state index contributed by atoms with van der Waals surface area (Å²) in [5, 5.41) is 1.18. The van der Waals surface area contributed by atoms with Crippen LogP contribution < -0.4 is 10.6 Å². The predicted octanol–water partition coefficient (Wildman–Crippen LogP) is 3.71. The number of pyridine rings is 1. The van der Waals surface area contributed by atoms with Gasteiger partial charge in [0.2, 0.25) is 0 Å². The van der Waals surface area contributed by atoms with Crippen LogP contribution in [0.3, 0.4) is 0 Å². The van der Waals surface area contributed by atoms with E-state index in [2.05, 4.69) is 49.1 Å². The van der Waals surface area contributed by atoms with Gasteiger partial charge in [-0.15, -0.1) is 0 Å². The zero-order valence-corrected chi connectivity index (χ0v) is 13.0. The van der Waals surface area contributed by atoms with Gasteiger partial charge < -0.3 is 10.6 Å². The monoisotopic (exact) mass is 283 g/mol. The van der Waals surface area contributed by atoms with Crippen LogP contribution in [0, 0.1) is 5.92 Å². The molecule has 2 aromatic rings. The third kappa shape index (κ3) is 3.18. The van der Waals surface area contributed by atoms with E-state index < -0.39 is 0 Å². The summed E-state index contributed by atoms with van der Waals surface area (Å²) < 4.78 is 0. The molecule has 3 nitrogen and oxygen atoms in total. The molecule has 0 bridgehead atoms. The van der Waals surface area contributed by atoms with Crippen molar-refractivity contribution in [1.82, 2.24) is 4.98 Å². The van der Waals surface area contributed by atoms with E-state index in [4.69, 9.17) is 10.7 Å². The largest absolute Gasteiger partial charge is 0.354 e. The first-order valence-electron chi connectivity index (χ1n) is 8.04. The summed E-state index contributed by atoms with van der Waals surface area (Å²) in [7, 11) is 0. The second kappa shape index (κ2) is 6.02. The van der Waals surface area contributed by atoms with E-state index in [1.807, 2.05) is 0 Å². The standard InChI is InChI=1S/C18H25N3/c1-13(2)9-10-21(15-7-8-15)18-11-14(12-19)16-5-3-4-6-17(16)20-18/h3-6,11,13,15H,7-10,12,19H2,1-2H3. The Kier molecular flexibility index (Phi) is 4.11. The van der Waals surface area contributed by atoms with Crippen LogP contribution in [0.4, 0.5) is 5.82 Å². The molecular weight excluding hydrogens is 258 g/mol. The lowest BCUT2D eigenvalue weighted by atomic mass is 10.1. The highest BCUT2D eigenvalue weighted by atomic mass is 15.2. The number of hydrogen-bond donors (Lipinski definition) is 1. The number of hydrogen-bond acceptors (Lipinski definition) is 3. The molecule has 3 heteroatoms. The Morgan fingerprint density at radius 3 is 2.71 bits per heavy atom. The molecule has 3 rings (SSSR count). The van der Waals surface area contributed by atoms with Crippen LogP contribution in [0.2, 0.25) is 0 Å². The molecule has 1 fully saturated rings. The minimum Gasteiger partial charge on any atom is -0.354 e. The molecule has 0 aliphatic heterocycles. The highest BCUT2D eigenvalue weighted by Gasteiger charge is 2.30. The highest BCUT2D eigenvalue weighted by molar-refractivity contribution is 5.84. The van der Waals surface area contributed by atoms with E-state index in [0.29, 0.717) is 12.6 Å². The molecule has 1 aliphatic rings. The fourth-order valence-electron chi connectivity index (χ4n) is 2.82. The fraction of sp³-hybridized carbons (Fsp3) is 0.500. The number of rotatable bonds is 6. The second-order valence-corrected chi connectivity index (χ2v) is 6.47. The van der Waals surface area contributed by atoms with Gasteiger partial charge in [-0.05, 0) is 42.9 Å². The third-order valence-corrected chi connectivity index (χ3v) is 4.24. The molecule has 2 N–H and O–H groups in total. The summed E-state index contributed by atoms with van der Waals surface area (Å²) in [6, 6.07) is 11.2. The first kappa shape index (κ1) is 14.3. The molecule has 1 aromatic carbocycles. The fourth-order valence-corrected chi connectivity index (χ4v) is 2.82. The van der Waals surface area contributed by atoms with E-state index in [1.165, 1.54) is 30.2 Å². The van der Waals surface area contributed by atoms with Gasteiger partial charge in [0.25, 0.3) is 0 Å². The van der Waals surface area contributed by atoms with E-state index in [9.17, 15) is 0 Å². The Morgan fingerprint density at radius 1 is 1.29 bits per heavy atom. The van der Waals surface area contributed by atoms with Gasteiger partial charge in [0.05, 0.1) is 5.52 Å². The number of nitrogens with zero attached hydrogens (tertiary/aromatic N) is 2. The molecule has 0 radical (unpaired) electrons. The maximum Gasteiger partial charge on any atom is 0.129 e. The molecule has 1 aliphatic carbocycles. The Hall–Kier alpha value is -1.61. The molecule has 0 spiro atoms. The maximum absolute atomic E-state index is 5.95. The molecule has 1 heterocycles. The van der Waals surface area contributed by atoms with E-state index in [0.717, 1.165) is 23.8 Å². The molecule has 1 saturated carbocycles. The van der Waals surface area contributed by atoms with Crippen molar-refractivity contribution in [2.75, 3.05) is 11.4 Å². The second-order valence-electron chi connectivity index (χ2n) is 6.47. The van der Waals surface area contributed by atoms with Crippen molar-refractivity contribution >= 4 is 16.7 Å². The Morgan fingerprint density at radius 2 is 2.05 bits per heavy atom. The van der Waals surface area contributed by atoms with Crippen molar-refractivity contribution in [2.24, 2.45) is 11.7 Å². The summed E-state index contributed by atoms with van der Waals surface area (Å²) in [6.07, 6.45) is 3.80. The number of nitrogens with two attached hydrogens (primary N) is 1. The lowest BCUT2D eigenvalue weighted by molar-refractivity contribution is 0.568. The van der Waals surface area contributed by atoms with Gasteiger partial charge in [0.15, 0.2) is 0 Å². The average Bonchev–Trinajstić information content (AvgIpc) is 3.31. The normalized spacial score (nSPS) is 14.9. The van der Waals surface area contributed by atoms with E-state index in [-0.39, 0.29) is 0 Å². The molecule has 0 atom stereocenters. The van der Waals surface area contributed by atoms with Gasteiger partial charge in [-0.2, -0.15) is 0 Å². The van der Waals surface area contributed by atoms with Gasteiger partial charge in [0, 0.05) is 24.5 Å². The van der Waals surface area contributed by atoms with E-state index in [1.54, 1.807) is 0 Å². The zero-order valence-electron chi connectivity index (χ0n) is 13.0. The van der Waals surface area contributed by atoms with Crippen molar-refractivity contribution in [2.45, 2.75) is 45.7 Å². The van der Waals surface area contributed by atoms with E-state index >= 15 is 0 Å². The Bertz CT molecular complexity index is 617. The Labute approximate surface area is 127 Å². The molecule has 21 heavy (non-hydrogen) atoms. The lowest BCUT2D eigenvalue weighted by Gasteiger charge is -2.25. The van der Waals surface area contributed by atoms with Crippen LogP contribution in [0.15, 0.2) is 30.3 Å². The summed E-state index contributed by atoms with van der Waals surface area (Å²) in [4.78, 5) is 7.39. The molecule has 0 amide bonds. The molecule has 0 unspecified atom stereocenters. The molecule has 112 valence electrons. The minimum absolute atomic E-state index is 0.568.